The van der Waals surface area contributed by atoms with Crippen LogP contribution in [0.2, 0.25) is 0 Å². The highest BCUT2D eigenvalue weighted by molar-refractivity contribution is 5.71. The zero-order valence-electron chi connectivity index (χ0n) is 44.7. The molecular formula is C66H71N3O9. The van der Waals surface area contributed by atoms with Crippen LogP contribution >= 0.6 is 0 Å². The Morgan fingerprint density at radius 2 is 0.564 bits per heavy atom. The molecule has 6 rings (SSSR count). The first-order valence-electron chi connectivity index (χ1n) is 27.5. The smallest absolute Gasteiger partial charge is 0.306 e. The van der Waals surface area contributed by atoms with Gasteiger partial charge in [-0.05, 0) is 145 Å². The van der Waals surface area contributed by atoms with Crippen LogP contribution in [0.25, 0.3) is 33.4 Å². The van der Waals surface area contributed by atoms with E-state index >= 15 is 0 Å². The van der Waals surface area contributed by atoms with Gasteiger partial charge < -0.3 is 28.4 Å². The predicted octanol–water partition coefficient (Wildman–Crippen LogP) is 14.9. The molecule has 404 valence electrons. The number of hydrogen-bond acceptors (Lipinski definition) is 12. The molecule has 0 amide bonds. The Labute approximate surface area is 460 Å². The maximum Gasteiger partial charge on any atom is 0.306 e. The van der Waals surface area contributed by atoms with Gasteiger partial charge in [0, 0.05) is 19.3 Å². The highest BCUT2D eigenvalue weighted by Gasteiger charge is 2.20. The topological polar surface area (TPSA) is 178 Å². The molecule has 78 heavy (non-hydrogen) atoms. The summed E-state index contributed by atoms with van der Waals surface area (Å²) in [6, 6.07) is 52.6. The number of carbonyl (C=O) groups excluding carboxylic acids is 3. The molecular weight excluding hydrogens is 979 g/mol. The minimum atomic E-state index is -0.903. The maximum atomic E-state index is 13.0. The van der Waals surface area contributed by atoms with Crippen LogP contribution < -0.4 is 14.2 Å². The summed E-state index contributed by atoms with van der Waals surface area (Å²) in [5.74, 6) is 1.20. The third-order valence-electron chi connectivity index (χ3n) is 13.1. The normalized spacial score (nSPS) is 10.7. The molecule has 6 aromatic rings. The number of hydrogen-bond donors (Lipinski definition) is 0. The summed E-state index contributed by atoms with van der Waals surface area (Å²) < 4.78 is 34.6. The van der Waals surface area contributed by atoms with Gasteiger partial charge in [-0.3, -0.25) is 14.4 Å². The summed E-state index contributed by atoms with van der Waals surface area (Å²) >= 11 is 0. The molecule has 0 fully saturated rings. The average molecular weight is 1050 g/mol. The van der Waals surface area contributed by atoms with E-state index in [0.717, 1.165) is 128 Å². The number of nitrogens with zero attached hydrogens (tertiary/aromatic N) is 3. The molecule has 0 saturated carbocycles. The second-order valence-corrected chi connectivity index (χ2v) is 19.2. The van der Waals surface area contributed by atoms with E-state index in [1.807, 2.05) is 133 Å². The quantitative estimate of drug-likeness (QED) is 0.0209. The van der Waals surface area contributed by atoms with Gasteiger partial charge in [0.05, 0.1) is 54.7 Å². The Morgan fingerprint density at radius 1 is 0.321 bits per heavy atom. The van der Waals surface area contributed by atoms with Gasteiger partial charge in [0.1, 0.15) is 30.5 Å². The predicted molar refractivity (Wildman–Crippen MR) is 301 cm³/mol. The van der Waals surface area contributed by atoms with Gasteiger partial charge in [-0.15, -0.1) is 0 Å². The van der Waals surface area contributed by atoms with Crippen LogP contribution in [-0.2, 0) is 28.6 Å². The van der Waals surface area contributed by atoms with Gasteiger partial charge in [0.15, 0.2) is 6.10 Å². The van der Waals surface area contributed by atoms with Crippen LogP contribution in [0.15, 0.2) is 146 Å². The minimum Gasteiger partial charge on any atom is -0.494 e. The summed E-state index contributed by atoms with van der Waals surface area (Å²) in [5, 5.41) is 27.1. The molecule has 0 atom stereocenters. The van der Waals surface area contributed by atoms with Crippen molar-refractivity contribution in [2.24, 2.45) is 0 Å². The van der Waals surface area contributed by atoms with Crippen LogP contribution in [0.3, 0.4) is 0 Å². The molecule has 12 nitrogen and oxygen atoms in total. The van der Waals surface area contributed by atoms with Gasteiger partial charge in [0.25, 0.3) is 0 Å². The second kappa shape index (κ2) is 34.3. The van der Waals surface area contributed by atoms with Gasteiger partial charge in [-0.25, -0.2) is 0 Å². The molecule has 0 saturated heterocycles. The van der Waals surface area contributed by atoms with Crippen molar-refractivity contribution < 1.29 is 42.8 Å². The molecule has 0 radical (unpaired) electrons. The van der Waals surface area contributed by atoms with Crippen LogP contribution in [0, 0.1) is 34.0 Å². The molecule has 0 spiro atoms. The number of unbranched alkanes of at least 4 members (excludes halogenated alkanes) is 12. The Kier molecular flexibility index (Phi) is 25.9. The Bertz CT molecular complexity index is 2710. The largest absolute Gasteiger partial charge is 0.494 e. The number of ether oxygens (including phenoxy) is 6. The lowest BCUT2D eigenvalue weighted by Gasteiger charge is -2.18. The highest BCUT2D eigenvalue weighted by atomic mass is 16.6. The fraction of sp³-hybridized carbons (Fsp3) is 0.364. The molecule has 0 N–H and O–H groups in total. The van der Waals surface area contributed by atoms with Gasteiger partial charge in [0.2, 0.25) is 0 Å². The monoisotopic (exact) mass is 1050 g/mol. The third-order valence-corrected chi connectivity index (χ3v) is 13.1. The van der Waals surface area contributed by atoms with E-state index in [1.165, 1.54) is 0 Å². The van der Waals surface area contributed by atoms with E-state index in [9.17, 15) is 14.4 Å². The van der Waals surface area contributed by atoms with E-state index in [2.05, 4.69) is 18.2 Å². The fourth-order valence-corrected chi connectivity index (χ4v) is 8.59. The van der Waals surface area contributed by atoms with Crippen molar-refractivity contribution in [3.63, 3.8) is 0 Å². The number of carbonyl (C=O) groups is 3. The molecule has 6 aromatic carbocycles. The first-order valence-corrected chi connectivity index (χ1v) is 27.5. The zero-order chi connectivity index (χ0) is 54.8. The van der Waals surface area contributed by atoms with Crippen LogP contribution in [0.4, 0.5) is 0 Å². The molecule has 0 bridgehead atoms. The summed E-state index contributed by atoms with van der Waals surface area (Å²) in [5.41, 5.74) is 8.17. The standard InChI is InChI=1S/C66H71N3O9/c67-46-51-19-25-54(26-20-51)57-31-37-60(38-32-57)73-43-13-7-1-4-10-16-64(70)76-49-63(78-66(72)18-12-6-3-9-15-45-75-62-41-35-59(36-42-62)56-29-23-53(48-69)24-30-56)50-77-65(71)17-11-5-2-8-14-44-74-61-39-33-58(34-40-61)55-27-21-52(47-68)22-28-55/h19-42,63H,1-18,43-45,49-50H2. The lowest BCUT2D eigenvalue weighted by atomic mass is 10.0. The van der Waals surface area contributed by atoms with Crippen LogP contribution in [0.5, 0.6) is 17.2 Å². The molecule has 0 heterocycles. The average Bonchev–Trinajstić information content (AvgIpc) is 3.48. The van der Waals surface area contributed by atoms with Crippen LogP contribution in [-0.4, -0.2) is 57.0 Å². The molecule has 0 aliphatic heterocycles. The van der Waals surface area contributed by atoms with E-state index in [1.54, 1.807) is 12.1 Å². The Morgan fingerprint density at radius 3 is 0.846 bits per heavy atom. The molecule has 0 aromatic heterocycles. The van der Waals surface area contributed by atoms with Crippen LogP contribution in [0.1, 0.15) is 132 Å². The van der Waals surface area contributed by atoms with Crippen molar-refractivity contribution in [3.8, 4) is 68.8 Å². The summed E-state index contributed by atoms with van der Waals surface area (Å²) in [6.45, 7) is 1.40. The number of esters is 3. The fourth-order valence-electron chi connectivity index (χ4n) is 8.59. The third kappa shape index (κ3) is 22.1. The highest BCUT2D eigenvalue weighted by Crippen LogP contribution is 2.26. The number of nitriles is 3. The second-order valence-electron chi connectivity index (χ2n) is 19.2. The SMILES string of the molecule is N#Cc1ccc(-c2ccc(OCCCCCCCC(=O)OCC(COC(=O)CCCCCCCOc3ccc(-c4ccc(C#N)cc4)cc3)OC(=O)CCCCCCCOc3ccc(-c4ccc(C#N)cc4)cc3)cc2)cc1. The van der Waals surface area contributed by atoms with Crippen molar-refractivity contribution in [1.82, 2.24) is 0 Å². The van der Waals surface area contributed by atoms with E-state index in [0.29, 0.717) is 55.8 Å². The Balaban J connectivity index is 0.826. The maximum absolute atomic E-state index is 13.0. The van der Waals surface area contributed by atoms with Gasteiger partial charge in [-0.2, -0.15) is 15.8 Å². The van der Waals surface area contributed by atoms with Crippen molar-refractivity contribution in [2.45, 2.75) is 122 Å². The van der Waals surface area contributed by atoms with Crippen molar-refractivity contribution in [1.29, 1.82) is 15.8 Å². The lowest BCUT2D eigenvalue weighted by molar-refractivity contribution is -0.167. The van der Waals surface area contributed by atoms with E-state index in [-0.39, 0.29) is 44.4 Å². The lowest BCUT2D eigenvalue weighted by Crippen LogP contribution is -2.30. The van der Waals surface area contributed by atoms with Crippen molar-refractivity contribution >= 4 is 17.9 Å². The molecule has 0 unspecified atom stereocenters. The molecule has 0 aliphatic carbocycles. The van der Waals surface area contributed by atoms with Crippen molar-refractivity contribution in [2.75, 3.05) is 33.0 Å². The Hall–Kier alpha value is -8.40. The number of rotatable bonds is 35. The molecule has 12 heteroatoms. The summed E-state index contributed by atoms with van der Waals surface area (Å²) in [7, 11) is 0. The summed E-state index contributed by atoms with van der Waals surface area (Å²) in [4.78, 5) is 38.5. The van der Waals surface area contributed by atoms with Crippen molar-refractivity contribution in [3.05, 3.63) is 162 Å². The number of benzene rings is 6. The first kappa shape index (κ1) is 58.9. The zero-order valence-corrected chi connectivity index (χ0v) is 44.7. The molecule has 0 aliphatic rings. The summed E-state index contributed by atoms with van der Waals surface area (Å²) in [6.07, 6.45) is 12.7. The first-order chi connectivity index (χ1) is 38.3. The van der Waals surface area contributed by atoms with Gasteiger partial charge in [-0.1, -0.05) is 131 Å². The van der Waals surface area contributed by atoms with E-state index in [4.69, 9.17) is 44.2 Å². The van der Waals surface area contributed by atoms with Gasteiger partial charge >= 0.3 is 17.9 Å². The minimum absolute atomic E-state index is 0.189. The van der Waals surface area contributed by atoms with E-state index < -0.39 is 12.1 Å².